The molecule has 0 saturated carbocycles. The Bertz CT molecular complexity index is 671. The van der Waals surface area contributed by atoms with E-state index in [1.807, 2.05) is 6.07 Å². The molecule has 0 bridgehead atoms. The van der Waals surface area contributed by atoms with Crippen LogP contribution in [0.4, 0.5) is 0 Å². The zero-order chi connectivity index (χ0) is 16.9. The lowest BCUT2D eigenvalue weighted by Gasteiger charge is -2.35. The number of phenols is 1. The SMILES string of the molecule is COc1cc(Br)cc(CN2CCN(Cc3ccccc3)CC2)c1O. The fraction of sp³-hybridized carbons (Fsp3) is 0.368. The van der Waals surface area contributed by atoms with Crippen molar-refractivity contribution in [2.24, 2.45) is 0 Å². The second-order valence-electron chi connectivity index (χ2n) is 6.15. The molecule has 24 heavy (non-hydrogen) atoms. The van der Waals surface area contributed by atoms with Gasteiger partial charge in [0.2, 0.25) is 0 Å². The Hall–Kier alpha value is -1.56. The first-order chi connectivity index (χ1) is 11.7. The van der Waals surface area contributed by atoms with Gasteiger partial charge in [-0.1, -0.05) is 46.3 Å². The summed E-state index contributed by atoms with van der Waals surface area (Å²) in [5, 5.41) is 10.3. The number of hydrogen-bond donors (Lipinski definition) is 1. The van der Waals surface area contributed by atoms with Gasteiger partial charge in [0.15, 0.2) is 11.5 Å². The molecule has 0 unspecified atom stereocenters. The maximum absolute atomic E-state index is 10.3. The summed E-state index contributed by atoms with van der Waals surface area (Å²) >= 11 is 3.48. The molecule has 5 heteroatoms. The average Bonchev–Trinajstić information content (AvgIpc) is 2.60. The number of piperazine rings is 1. The van der Waals surface area contributed by atoms with Gasteiger partial charge in [-0.15, -0.1) is 0 Å². The van der Waals surface area contributed by atoms with Gasteiger partial charge < -0.3 is 9.84 Å². The minimum absolute atomic E-state index is 0.243. The Morgan fingerprint density at radius 1 is 1.00 bits per heavy atom. The van der Waals surface area contributed by atoms with Crippen molar-refractivity contribution in [2.45, 2.75) is 13.1 Å². The normalized spacial score (nSPS) is 16.2. The Morgan fingerprint density at radius 3 is 2.25 bits per heavy atom. The molecule has 2 aromatic rings. The molecule has 0 atom stereocenters. The number of aromatic hydroxyl groups is 1. The van der Waals surface area contributed by atoms with E-state index in [4.69, 9.17) is 4.74 Å². The van der Waals surface area contributed by atoms with Crippen molar-refractivity contribution in [3.8, 4) is 11.5 Å². The monoisotopic (exact) mass is 390 g/mol. The van der Waals surface area contributed by atoms with Gasteiger partial charge in [-0.25, -0.2) is 0 Å². The molecule has 0 amide bonds. The fourth-order valence-corrected chi connectivity index (χ4v) is 3.58. The summed E-state index contributed by atoms with van der Waals surface area (Å²) in [5.41, 5.74) is 2.26. The summed E-state index contributed by atoms with van der Waals surface area (Å²) in [6, 6.07) is 14.4. The molecule has 0 aromatic heterocycles. The van der Waals surface area contributed by atoms with Crippen LogP contribution in [0.25, 0.3) is 0 Å². The third kappa shape index (κ3) is 4.29. The number of nitrogens with zero attached hydrogens (tertiary/aromatic N) is 2. The fourth-order valence-electron chi connectivity index (χ4n) is 3.09. The van der Waals surface area contributed by atoms with E-state index in [-0.39, 0.29) is 5.75 Å². The lowest BCUT2D eigenvalue weighted by Crippen LogP contribution is -2.45. The third-order valence-corrected chi connectivity index (χ3v) is 4.90. The molecule has 128 valence electrons. The zero-order valence-electron chi connectivity index (χ0n) is 13.9. The van der Waals surface area contributed by atoms with Crippen LogP contribution in [0.2, 0.25) is 0 Å². The smallest absolute Gasteiger partial charge is 0.162 e. The number of ether oxygens (including phenoxy) is 1. The molecule has 1 N–H and O–H groups in total. The summed E-state index contributed by atoms with van der Waals surface area (Å²) in [6.45, 7) is 5.83. The summed E-state index contributed by atoms with van der Waals surface area (Å²) in [6.07, 6.45) is 0. The van der Waals surface area contributed by atoms with Crippen LogP contribution in [0.15, 0.2) is 46.9 Å². The lowest BCUT2D eigenvalue weighted by molar-refractivity contribution is 0.121. The highest BCUT2D eigenvalue weighted by Crippen LogP contribution is 2.34. The Kier molecular flexibility index (Phi) is 5.76. The first-order valence-electron chi connectivity index (χ1n) is 8.19. The van der Waals surface area contributed by atoms with Gasteiger partial charge in [0, 0.05) is 49.3 Å². The number of rotatable bonds is 5. The number of phenolic OH excluding ortho intramolecular Hbond substituents is 1. The molecular formula is C19H23BrN2O2. The van der Waals surface area contributed by atoms with Crippen LogP contribution >= 0.6 is 15.9 Å². The predicted octanol–water partition coefficient (Wildman–Crippen LogP) is 3.48. The van der Waals surface area contributed by atoms with E-state index < -0.39 is 0 Å². The largest absolute Gasteiger partial charge is 0.504 e. The van der Waals surface area contributed by atoms with Crippen LogP contribution < -0.4 is 4.74 Å². The molecule has 2 aromatic carbocycles. The van der Waals surface area contributed by atoms with E-state index in [2.05, 4.69) is 56.1 Å². The van der Waals surface area contributed by atoms with Crippen molar-refractivity contribution in [2.75, 3.05) is 33.3 Å². The second kappa shape index (κ2) is 8.01. The van der Waals surface area contributed by atoms with Gasteiger partial charge in [-0.2, -0.15) is 0 Å². The molecule has 3 rings (SSSR count). The molecule has 1 heterocycles. The van der Waals surface area contributed by atoms with Crippen molar-refractivity contribution in [1.29, 1.82) is 0 Å². The molecule has 1 fully saturated rings. The molecule has 0 aliphatic carbocycles. The lowest BCUT2D eigenvalue weighted by atomic mass is 10.1. The van der Waals surface area contributed by atoms with Gasteiger partial charge >= 0.3 is 0 Å². The minimum Gasteiger partial charge on any atom is -0.504 e. The Labute approximate surface area is 151 Å². The van der Waals surface area contributed by atoms with E-state index in [0.717, 1.165) is 49.3 Å². The van der Waals surface area contributed by atoms with Crippen LogP contribution in [0.5, 0.6) is 11.5 Å². The Balaban J connectivity index is 1.57. The summed E-state index contributed by atoms with van der Waals surface area (Å²) < 4.78 is 6.16. The summed E-state index contributed by atoms with van der Waals surface area (Å²) in [5.74, 6) is 0.759. The molecular weight excluding hydrogens is 368 g/mol. The molecule has 0 spiro atoms. The maximum atomic E-state index is 10.3. The Morgan fingerprint density at radius 2 is 1.62 bits per heavy atom. The summed E-state index contributed by atoms with van der Waals surface area (Å²) in [4.78, 5) is 4.86. The minimum atomic E-state index is 0.243. The van der Waals surface area contributed by atoms with E-state index >= 15 is 0 Å². The standard InChI is InChI=1S/C19H23BrN2O2/c1-24-18-12-17(20)11-16(19(18)23)14-22-9-7-21(8-10-22)13-15-5-3-2-4-6-15/h2-6,11-12,23H,7-10,13-14H2,1H3. The number of benzene rings is 2. The van der Waals surface area contributed by atoms with Gasteiger partial charge in [0.1, 0.15) is 0 Å². The van der Waals surface area contributed by atoms with Crippen molar-refractivity contribution >= 4 is 15.9 Å². The van der Waals surface area contributed by atoms with E-state index in [0.29, 0.717) is 5.75 Å². The number of hydrogen-bond acceptors (Lipinski definition) is 4. The van der Waals surface area contributed by atoms with Crippen LogP contribution in [-0.4, -0.2) is 48.2 Å². The van der Waals surface area contributed by atoms with Crippen molar-refractivity contribution in [3.63, 3.8) is 0 Å². The highest BCUT2D eigenvalue weighted by Gasteiger charge is 2.19. The van der Waals surface area contributed by atoms with Crippen LogP contribution in [0.3, 0.4) is 0 Å². The number of methoxy groups -OCH3 is 1. The quantitative estimate of drug-likeness (QED) is 0.847. The van der Waals surface area contributed by atoms with Gasteiger partial charge in [0.05, 0.1) is 7.11 Å². The van der Waals surface area contributed by atoms with Crippen molar-refractivity contribution < 1.29 is 9.84 Å². The average molecular weight is 391 g/mol. The predicted molar refractivity (Wildman–Crippen MR) is 99.4 cm³/mol. The van der Waals surface area contributed by atoms with Crippen LogP contribution in [0.1, 0.15) is 11.1 Å². The van der Waals surface area contributed by atoms with E-state index in [9.17, 15) is 5.11 Å². The molecule has 1 aliphatic heterocycles. The first-order valence-corrected chi connectivity index (χ1v) is 8.99. The maximum Gasteiger partial charge on any atom is 0.162 e. The van der Waals surface area contributed by atoms with Crippen molar-refractivity contribution in [1.82, 2.24) is 9.80 Å². The molecule has 1 saturated heterocycles. The van der Waals surface area contributed by atoms with Crippen molar-refractivity contribution in [3.05, 3.63) is 58.1 Å². The zero-order valence-corrected chi connectivity index (χ0v) is 15.5. The number of halogens is 1. The first kappa shape index (κ1) is 17.3. The summed E-state index contributed by atoms with van der Waals surface area (Å²) in [7, 11) is 1.58. The topological polar surface area (TPSA) is 35.9 Å². The third-order valence-electron chi connectivity index (χ3n) is 4.45. The second-order valence-corrected chi connectivity index (χ2v) is 7.07. The van der Waals surface area contributed by atoms with Crippen LogP contribution in [-0.2, 0) is 13.1 Å². The van der Waals surface area contributed by atoms with Gasteiger partial charge in [-0.05, 0) is 17.7 Å². The highest BCUT2D eigenvalue weighted by atomic mass is 79.9. The van der Waals surface area contributed by atoms with E-state index in [1.54, 1.807) is 13.2 Å². The van der Waals surface area contributed by atoms with Gasteiger partial charge in [-0.3, -0.25) is 9.80 Å². The van der Waals surface area contributed by atoms with Crippen LogP contribution in [0, 0.1) is 0 Å². The molecule has 0 radical (unpaired) electrons. The van der Waals surface area contributed by atoms with E-state index in [1.165, 1.54) is 5.56 Å². The highest BCUT2D eigenvalue weighted by molar-refractivity contribution is 9.10. The molecule has 4 nitrogen and oxygen atoms in total. The molecule has 1 aliphatic rings. The van der Waals surface area contributed by atoms with Gasteiger partial charge in [0.25, 0.3) is 0 Å².